The Hall–Kier alpha value is -2.25. The summed E-state index contributed by atoms with van der Waals surface area (Å²) in [7, 11) is -3.58. The number of aromatic nitrogens is 1. The Morgan fingerprint density at radius 1 is 0.941 bits per heavy atom. The lowest BCUT2D eigenvalue weighted by Gasteiger charge is -2.57. The van der Waals surface area contributed by atoms with Gasteiger partial charge in [-0.3, -0.25) is 9.78 Å². The molecule has 0 atom stereocenters. The van der Waals surface area contributed by atoms with Gasteiger partial charge in [-0.25, -0.2) is 8.42 Å². The molecule has 1 aromatic heterocycles. The highest BCUT2D eigenvalue weighted by Crippen LogP contribution is 2.60. The van der Waals surface area contributed by atoms with Crippen molar-refractivity contribution in [1.82, 2.24) is 9.29 Å². The molecule has 0 spiro atoms. The molecule has 7 heteroatoms. The number of ether oxygens (including phenoxy) is 1. The normalized spacial score (nSPS) is 31.5. The minimum absolute atomic E-state index is 0.190. The minimum atomic E-state index is -3.58. The summed E-state index contributed by atoms with van der Waals surface area (Å²) in [6.45, 7) is 0.615. The van der Waals surface area contributed by atoms with Crippen LogP contribution < -0.4 is 4.74 Å². The molecule has 0 amide bonds. The van der Waals surface area contributed by atoms with E-state index in [0.717, 1.165) is 17.8 Å². The molecule has 0 radical (unpaired) electrons. The summed E-state index contributed by atoms with van der Waals surface area (Å²) in [5.74, 6) is 2.73. The zero-order valence-corrected chi connectivity index (χ0v) is 20.3. The van der Waals surface area contributed by atoms with E-state index in [0.29, 0.717) is 37.1 Å². The van der Waals surface area contributed by atoms with Crippen LogP contribution in [0.15, 0.2) is 53.7 Å². The highest BCUT2D eigenvalue weighted by Gasteiger charge is 2.51. The second-order valence-electron chi connectivity index (χ2n) is 11.0. The zero-order chi connectivity index (χ0) is 23.3. The molecule has 1 saturated heterocycles. The van der Waals surface area contributed by atoms with Gasteiger partial charge >= 0.3 is 5.97 Å². The van der Waals surface area contributed by atoms with Crippen LogP contribution in [0.1, 0.15) is 56.9 Å². The van der Waals surface area contributed by atoms with Crippen LogP contribution in [-0.4, -0.2) is 36.8 Å². The SMILES string of the molecule is O=C(Oc1ccc(C23CC4CC(CC(C4)C2)C3)cc1)C1CCN(S(=O)(=O)c2cccnc2)CC1. The van der Waals surface area contributed by atoms with Gasteiger partial charge in [0, 0.05) is 25.5 Å². The van der Waals surface area contributed by atoms with Crippen molar-refractivity contribution in [3.63, 3.8) is 0 Å². The van der Waals surface area contributed by atoms with Gasteiger partial charge in [0.25, 0.3) is 0 Å². The Morgan fingerprint density at radius 2 is 1.56 bits per heavy atom. The summed E-state index contributed by atoms with van der Waals surface area (Å²) >= 11 is 0. The van der Waals surface area contributed by atoms with E-state index in [2.05, 4.69) is 17.1 Å². The fraction of sp³-hybridized carbons (Fsp3) is 0.556. The molecule has 6 nitrogen and oxygen atoms in total. The number of hydrogen-bond acceptors (Lipinski definition) is 5. The second-order valence-corrected chi connectivity index (χ2v) is 12.9. The first-order valence-corrected chi connectivity index (χ1v) is 14.1. The van der Waals surface area contributed by atoms with Gasteiger partial charge in [-0.15, -0.1) is 0 Å². The van der Waals surface area contributed by atoms with Crippen LogP contribution in [0.4, 0.5) is 0 Å². The Morgan fingerprint density at radius 3 is 2.12 bits per heavy atom. The fourth-order valence-corrected chi connectivity index (χ4v) is 8.96. The Bertz CT molecular complexity index is 1120. The van der Waals surface area contributed by atoms with Crippen LogP contribution in [0.5, 0.6) is 5.75 Å². The topological polar surface area (TPSA) is 76.6 Å². The molecule has 5 aliphatic rings. The number of carbonyl (C=O) groups excluding carboxylic acids is 1. The third-order valence-electron chi connectivity index (χ3n) is 8.78. The number of hydrogen-bond donors (Lipinski definition) is 0. The molecule has 34 heavy (non-hydrogen) atoms. The maximum absolute atomic E-state index is 12.8. The zero-order valence-electron chi connectivity index (χ0n) is 19.4. The van der Waals surface area contributed by atoms with Crippen LogP contribution >= 0.6 is 0 Å². The molecule has 4 bridgehead atoms. The summed E-state index contributed by atoms with van der Waals surface area (Å²) < 4.78 is 32.7. The molecule has 4 saturated carbocycles. The second kappa shape index (κ2) is 8.45. The molecule has 1 aliphatic heterocycles. The van der Waals surface area contributed by atoms with Crippen molar-refractivity contribution in [2.24, 2.45) is 23.7 Å². The molecule has 7 rings (SSSR count). The molecule has 0 unspecified atom stereocenters. The predicted octanol–water partition coefficient (Wildman–Crippen LogP) is 4.56. The van der Waals surface area contributed by atoms with Gasteiger partial charge in [-0.2, -0.15) is 4.31 Å². The largest absolute Gasteiger partial charge is 0.426 e. The Balaban J connectivity index is 1.07. The van der Waals surface area contributed by atoms with Crippen molar-refractivity contribution in [2.45, 2.75) is 61.7 Å². The molecular weight excluding hydrogens is 448 g/mol. The van der Waals surface area contributed by atoms with E-state index in [1.54, 1.807) is 18.3 Å². The Labute approximate surface area is 201 Å². The number of esters is 1. The summed E-state index contributed by atoms with van der Waals surface area (Å²) in [5, 5.41) is 0. The van der Waals surface area contributed by atoms with Gasteiger partial charge < -0.3 is 4.74 Å². The lowest BCUT2D eigenvalue weighted by molar-refractivity contribution is -0.140. The quantitative estimate of drug-likeness (QED) is 0.463. The van der Waals surface area contributed by atoms with E-state index in [1.807, 2.05) is 12.1 Å². The number of piperidine rings is 1. The van der Waals surface area contributed by atoms with Gasteiger partial charge in [0.1, 0.15) is 10.6 Å². The van der Waals surface area contributed by atoms with Crippen molar-refractivity contribution >= 4 is 16.0 Å². The fourth-order valence-electron chi connectivity index (χ4n) is 7.52. The van der Waals surface area contributed by atoms with Crippen molar-refractivity contribution in [3.05, 3.63) is 54.4 Å². The van der Waals surface area contributed by atoms with E-state index in [9.17, 15) is 13.2 Å². The monoisotopic (exact) mass is 480 g/mol. The first-order chi connectivity index (χ1) is 16.4. The highest BCUT2D eigenvalue weighted by molar-refractivity contribution is 7.89. The summed E-state index contributed by atoms with van der Waals surface area (Å²) in [4.78, 5) is 16.9. The average Bonchev–Trinajstić information content (AvgIpc) is 2.84. The molecule has 180 valence electrons. The minimum Gasteiger partial charge on any atom is -0.426 e. The van der Waals surface area contributed by atoms with E-state index < -0.39 is 10.0 Å². The summed E-state index contributed by atoms with van der Waals surface area (Å²) in [6, 6.07) is 11.4. The van der Waals surface area contributed by atoms with E-state index in [1.165, 1.54) is 54.6 Å². The van der Waals surface area contributed by atoms with Crippen molar-refractivity contribution in [3.8, 4) is 5.75 Å². The number of rotatable bonds is 5. The molecule has 2 heterocycles. The van der Waals surface area contributed by atoms with E-state index in [4.69, 9.17) is 4.74 Å². The molecule has 2 aromatic rings. The van der Waals surface area contributed by atoms with Crippen molar-refractivity contribution in [2.75, 3.05) is 13.1 Å². The Kier molecular flexibility index (Phi) is 5.52. The number of benzene rings is 1. The van der Waals surface area contributed by atoms with Gasteiger partial charge in [-0.05, 0) is 104 Å². The lowest BCUT2D eigenvalue weighted by atomic mass is 9.48. The third kappa shape index (κ3) is 3.97. The summed E-state index contributed by atoms with van der Waals surface area (Å²) in [5.41, 5.74) is 1.75. The van der Waals surface area contributed by atoms with E-state index >= 15 is 0 Å². The van der Waals surface area contributed by atoms with Gasteiger partial charge in [0.2, 0.25) is 10.0 Å². The van der Waals surface area contributed by atoms with Crippen LogP contribution in [-0.2, 0) is 20.2 Å². The first-order valence-electron chi connectivity index (χ1n) is 12.6. The third-order valence-corrected chi connectivity index (χ3v) is 10.7. The number of carbonyl (C=O) groups is 1. The number of pyridine rings is 1. The standard InChI is InChI=1S/C27H32N2O4S/c30-26(22-7-10-29(11-8-22)34(31,32)25-2-1-9-28-18-25)33-24-5-3-23(4-6-24)27-15-19-12-20(16-27)14-21(13-19)17-27/h1-6,9,18-22H,7-8,10-17H2. The summed E-state index contributed by atoms with van der Waals surface area (Å²) in [6.07, 6.45) is 12.1. The maximum atomic E-state index is 12.8. The number of nitrogens with zero attached hydrogens (tertiary/aromatic N) is 2. The molecule has 0 N–H and O–H groups in total. The van der Waals surface area contributed by atoms with Crippen molar-refractivity contribution < 1.29 is 17.9 Å². The molecule has 5 fully saturated rings. The molecule has 4 aliphatic carbocycles. The van der Waals surface area contributed by atoms with Crippen LogP contribution in [0.25, 0.3) is 0 Å². The predicted molar refractivity (Wildman–Crippen MR) is 128 cm³/mol. The van der Waals surface area contributed by atoms with Crippen molar-refractivity contribution in [1.29, 1.82) is 0 Å². The molecule has 1 aromatic carbocycles. The highest BCUT2D eigenvalue weighted by atomic mass is 32.2. The first kappa shape index (κ1) is 22.2. The van der Waals surface area contributed by atoms with Gasteiger partial charge in [-0.1, -0.05) is 12.1 Å². The van der Waals surface area contributed by atoms with Crippen LogP contribution in [0, 0.1) is 23.7 Å². The lowest BCUT2D eigenvalue weighted by Crippen LogP contribution is -2.48. The maximum Gasteiger partial charge on any atom is 0.314 e. The van der Waals surface area contributed by atoms with Gasteiger partial charge in [0.15, 0.2) is 0 Å². The molecular formula is C27H32N2O4S. The van der Waals surface area contributed by atoms with Gasteiger partial charge in [0.05, 0.1) is 5.92 Å². The van der Waals surface area contributed by atoms with Crippen LogP contribution in [0.2, 0.25) is 0 Å². The average molecular weight is 481 g/mol. The van der Waals surface area contributed by atoms with E-state index in [-0.39, 0.29) is 16.8 Å². The number of sulfonamides is 1. The smallest absolute Gasteiger partial charge is 0.314 e. The van der Waals surface area contributed by atoms with Crippen LogP contribution in [0.3, 0.4) is 0 Å².